The maximum absolute atomic E-state index is 4.61. The first-order valence-corrected chi connectivity index (χ1v) is 7.43. The van der Waals surface area contributed by atoms with Crippen molar-refractivity contribution in [1.82, 2.24) is 19.9 Å². The second-order valence-corrected chi connectivity index (χ2v) is 5.55. The zero-order valence-electron chi connectivity index (χ0n) is 13.3. The van der Waals surface area contributed by atoms with E-state index < -0.39 is 0 Å². The maximum Gasteiger partial charge on any atom is 0.226 e. The molecule has 0 bridgehead atoms. The Kier molecular flexibility index (Phi) is 4.04. The van der Waals surface area contributed by atoms with E-state index in [0.717, 1.165) is 49.5 Å². The molecular formula is C15H21N7. The quantitative estimate of drug-likeness (QED) is 0.836. The molecule has 7 heteroatoms. The van der Waals surface area contributed by atoms with Gasteiger partial charge >= 0.3 is 0 Å². The Hall–Kier alpha value is -2.44. The van der Waals surface area contributed by atoms with Gasteiger partial charge in [-0.3, -0.25) is 4.98 Å². The van der Waals surface area contributed by atoms with Gasteiger partial charge in [-0.15, -0.1) is 0 Å². The van der Waals surface area contributed by atoms with Crippen molar-refractivity contribution >= 4 is 17.6 Å². The van der Waals surface area contributed by atoms with Crippen LogP contribution in [0.15, 0.2) is 24.7 Å². The van der Waals surface area contributed by atoms with Crippen LogP contribution in [0.2, 0.25) is 0 Å². The van der Waals surface area contributed by atoms with Crippen molar-refractivity contribution in [3.63, 3.8) is 0 Å². The molecule has 0 aromatic carbocycles. The van der Waals surface area contributed by atoms with Gasteiger partial charge in [-0.1, -0.05) is 0 Å². The van der Waals surface area contributed by atoms with Gasteiger partial charge in [0, 0.05) is 58.9 Å². The van der Waals surface area contributed by atoms with Crippen LogP contribution in [0.3, 0.4) is 0 Å². The topological polar surface area (TPSA) is 61.3 Å². The summed E-state index contributed by atoms with van der Waals surface area (Å²) in [5.74, 6) is 2.71. The van der Waals surface area contributed by atoms with Gasteiger partial charge in [0.2, 0.25) is 5.95 Å². The van der Waals surface area contributed by atoms with E-state index in [2.05, 4.69) is 29.7 Å². The Bertz CT molecular complexity index is 635. The number of aryl methyl sites for hydroxylation is 1. The van der Waals surface area contributed by atoms with Crippen molar-refractivity contribution in [3.8, 4) is 0 Å². The van der Waals surface area contributed by atoms with Crippen molar-refractivity contribution in [3.05, 3.63) is 30.4 Å². The van der Waals surface area contributed by atoms with Crippen LogP contribution in [-0.2, 0) is 0 Å². The van der Waals surface area contributed by atoms with E-state index in [1.165, 1.54) is 0 Å². The molecule has 0 amide bonds. The number of hydrogen-bond donors (Lipinski definition) is 0. The Morgan fingerprint density at radius 3 is 2.27 bits per heavy atom. The van der Waals surface area contributed by atoms with E-state index >= 15 is 0 Å². The standard InChI is InChI=1S/C15H21N7/c1-12-14(17-7-6-16-12)22-10-8-21(9-11-22)13-4-5-18-15(19-13)20(2)3/h4-7H,8-11H2,1-3H3. The maximum atomic E-state index is 4.61. The lowest BCUT2D eigenvalue weighted by atomic mass is 10.3. The van der Waals surface area contributed by atoms with E-state index in [-0.39, 0.29) is 0 Å². The highest BCUT2D eigenvalue weighted by atomic mass is 15.3. The normalized spacial score (nSPS) is 15.0. The Morgan fingerprint density at radius 2 is 1.59 bits per heavy atom. The first-order chi connectivity index (χ1) is 10.6. The van der Waals surface area contributed by atoms with Gasteiger partial charge < -0.3 is 14.7 Å². The number of aromatic nitrogens is 4. The zero-order valence-corrected chi connectivity index (χ0v) is 13.3. The van der Waals surface area contributed by atoms with Crippen LogP contribution in [0.4, 0.5) is 17.6 Å². The predicted molar refractivity (Wildman–Crippen MR) is 87.6 cm³/mol. The van der Waals surface area contributed by atoms with Crippen LogP contribution < -0.4 is 14.7 Å². The first kappa shape index (κ1) is 14.5. The zero-order chi connectivity index (χ0) is 15.5. The van der Waals surface area contributed by atoms with Gasteiger partial charge in [0.25, 0.3) is 0 Å². The van der Waals surface area contributed by atoms with E-state index in [1.54, 1.807) is 12.4 Å². The minimum absolute atomic E-state index is 0.740. The number of anilines is 3. The summed E-state index contributed by atoms with van der Waals surface area (Å²) in [6, 6.07) is 1.97. The van der Waals surface area contributed by atoms with Gasteiger partial charge in [0.15, 0.2) is 0 Å². The molecule has 22 heavy (non-hydrogen) atoms. The molecular weight excluding hydrogens is 278 g/mol. The molecule has 2 aromatic rings. The Labute approximate surface area is 130 Å². The van der Waals surface area contributed by atoms with Crippen molar-refractivity contribution in [2.45, 2.75) is 6.92 Å². The summed E-state index contributed by atoms with van der Waals surface area (Å²) in [4.78, 5) is 24.1. The van der Waals surface area contributed by atoms with Gasteiger partial charge in [0.05, 0.1) is 5.69 Å². The Balaban J connectivity index is 1.69. The minimum Gasteiger partial charge on any atom is -0.353 e. The second kappa shape index (κ2) is 6.13. The average molecular weight is 299 g/mol. The molecule has 1 aliphatic heterocycles. The summed E-state index contributed by atoms with van der Waals surface area (Å²) in [5.41, 5.74) is 0.980. The number of hydrogen-bond acceptors (Lipinski definition) is 7. The fourth-order valence-corrected chi connectivity index (χ4v) is 2.59. The lowest BCUT2D eigenvalue weighted by Gasteiger charge is -2.36. The van der Waals surface area contributed by atoms with Crippen molar-refractivity contribution in [2.24, 2.45) is 0 Å². The first-order valence-electron chi connectivity index (χ1n) is 7.43. The van der Waals surface area contributed by atoms with Crippen LogP contribution >= 0.6 is 0 Å². The molecule has 7 nitrogen and oxygen atoms in total. The van der Waals surface area contributed by atoms with Crippen LogP contribution in [0.1, 0.15) is 5.69 Å². The molecule has 0 aliphatic carbocycles. The van der Waals surface area contributed by atoms with E-state index in [4.69, 9.17) is 0 Å². The number of rotatable bonds is 3. The van der Waals surface area contributed by atoms with E-state index in [9.17, 15) is 0 Å². The molecule has 0 N–H and O–H groups in total. The summed E-state index contributed by atoms with van der Waals surface area (Å²) in [6.45, 7) is 5.67. The molecule has 3 rings (SSSR count). The predicted octanol–water partition coefficient (Wildman–Crippen LogP) is 0.968. The fourth-order valence-electron chi connectivity index (χ4n) is 2.59. The highest BCUT2D eigenvalue weighted by Crippen LogP contribution is 2.19. The third kappa shape index (κ3) is 2.93. The lowest BCUT2D eigenvalue weighted by molar-refractivity contribution is 0.638. The van der Waals surface area contributed by atoms with Crippen molar-refractivity contribution < 1.29 is 0 Å². The molecule has 3 heterocycles. The highest BCUT2D eigenvalue weighted by molar-refractivity contribution is 5.48. The molecule has 0 atom stereocenters. The Morgan fingerprint density at radius 1 is 0.909 bits per heavy atom. The summed E-state index contributed by atoms with van der Waals surface area (Å²) in [7, 11) is 3.90. The number of nitrogens with zero attached hydrogens (tertiary/aromatic N) is 7. The molecule has 0 spiro atoms. The molecule has 0 radical (unpaired) electrons. The summed E-state index contributed by atoms with van der Waals surface area (Å²) < 4.78 is 0. The van der Waals surface area contributed by atoms with Gasteiger partial charge in [-0.2, -0.15) is 4.98 Å². The molecule has 0 unspecified atom stereocenters. The third-order valence-corrected chi connectivity index (χ3v) is 3.79. The molecule has 2 aromatic heterocycles. The number of piperazine rings is 1. The van der Waals surface area contributed by atoms with Crippen molar-refractivity contribution in [2.75, 3.05) is 55.0 Å². The molecule has 1 fully saturated rings. The minimum atomic E-state index is 0.740. The van der Waals surface area contributed by atoms with Crippen LogP contribution in [-0.4, -0.2) is 60.2 Å². The third-order valence-electron chi connectivity index (χ3n) is 3.79. The molecule has 116 valence electrons. The summed E-state index contributed by atoms with van der Waals surface area (Å²) in [6.07, 6.45) is 5.30. The lowest BCUT2D eigenvalue weighted by Crippen LogP contribution is -2.47. The van der Waals surface area contributed by atoms with Crippen LogP contribution in [0.25, 0.3) is 0 Å². The van der Waals surface area contributed by atoms with Crippen molar-refractivity contribution in [1.29, 1.82) is 0 Å². The molecule has 1 saturated heterocycles. The second-order valence-electron chi connectivity index (χ2n) is 5.55. The van der Waals surface area contributed by atoms with E-state index in [1.807, 2.05) is 38.2 Å². The molecule has 0 saturated carbocycles. The van der Waals surface area contributed by atoms with Crippen LogP contribution in [0.5, 0.6) is 0 Å². The average Bonchev–Trinajstić information content (AvgIpc) is 2.56. The SMILES string of the molecule is Cc1nccnc1N1CCN(c2ccnc(N(C)C)n2)CC1. The largest absolute Gasteiger partial charge is 0.353 e. The monoisotopic (exact) mass is 299 g/mol. The van der Waals surface area contributed by atoms with Gasteiger partial charge in [-0.25, -0.2) is 9.97 Å². The fraction of sp³-hybridized carbons (Fsp3) is 0.467. The molecule has 1 aliphatic rings. The summed E-state index contributed by atoms with van der Waals surface area (Å²) >= 11 is 0. The van der Waals surface area contributed by atoms with E-state index in [0.29, 0.717) is 0 Å². The summed E-state index contributed by atoms with van der Waals surface area (Å²) in [5, 5.41) is 0. The van der Waals surface area contributed by atoms with Gasteiger partial charge in [-0.05, 0) is 13.0 Å². The van der Waals surface area contributed by atoms with Gasteiger partial charge in [0.1, 0.15) is 11.6 Å². The van der Waals surface area contributed by atoms with Crippen LogP contribution in [0, 0.1) is 6.92 Å². The smallest absolute Gasteiger partial charge is 0.226 e. The highest BCUT2D eigenvalue weighted by Gasteiger charge is 2.20.